The SMILES string of the molecule is COc1cccc(C(=O)OCc2c(C(C)C)nc3c(Cl)cc(C(F)(F)F)cn23)c1. The number of alkyl halides is 3. The first-order chi connectivity index (χ1) is 13.6. The normalized spacial score (nSPS) is 11.9. The Hall–Kier alpha value is -2.74. The van der Waals surface area contributed by atoms with Crippen molar-refractivity contribution in [3.63, 3.8) is 0 Å². The van der Waals surface area contributed by atoms with Gasteiger partial charge < -0.3 is 9.47 Å². The van der Waals surface area contributed by atoms with Crippen LogP contribution in [0.1, 0.15) is 47.1 Å². The summed E-state index contributed by atoms with van der Waals surface area (Å²) >= 11 is 6.05. The molecule has 2 heterocycles. The molecule has 0 saturated carbocycles. The van der Waals surface area contributed by atoms with E-state index in [4.69, 9.17) is 21.1 Å². The van der Waals surface area contributed by atoms with E-state index in [1.54, 1.807) is 18.2 Å². The standard InChI is InChI=1S/C20H18ClF3N2O3/c1-11(2)17-16(10-29-19(27)12-5-4-6-14(7-12)28-3)26-9-13(20(22,23)24)8-15(21)18(26)25-17/h4-9,11H,10H2,1-3H3. The highest BCUT2D eigenvalue weighted by molar-refractivity contribution is 6.33. The molecule has 5 nitrogen and oxygen atoms in total. The second kappa shape index (κ2) is 7.94. The lowest BCUT2D eigenvalue weighted by Crippen LogP contribution is -2.10. The van der Waals surface area contributed by atoms with Crippen molar-refractivity contribution in [2.75, 3.05) is 7.11 Å². The average Bonchev–Trinajstić information content (AvgIpc) is 3.05. The Morgan fingerprint density at radius 3 is 2.62 bits per heavy atom. The number of rotatable bonds is 5. The minimum absolute atomic E-state index is 0.120. The van der Waals surface area contributed by atoms with Crippen LogP contribution in [0.4, 0.5) is 13.2 Å². The summed E-state index contributed by atoms with van der Waals surface area (Å²) in [6, 6.07) is 7.22. The first kappa shape index (κ1) is 21.0. The lowest BCUT2D eigenvalue weighted by molar-refractivity contribution is -0.137. The zero-order valence-electron chi connectivity index (χ0n) is 15.9. The third kappa shape index (κ3) is 4.32. The molecule has 29 heavy (non-hydrogen) atoms. The minimum Gasteiger partial charge on any atom is -0.497 e. The van der Waals surface area contributed by atoms with E-state index >= 15 is 0 Å². The fraction of sp³-hybridized carbons (Fsp3) is 0.300. The van der Waals surface area contributed by atoms with Crippen molar-refractivity contribution in [3.8, 4) is 5.75 Å². The molecule has 0 aliphatic rings. The molecule has 0 amide bonds. The molecule has 1 aromatic carbocycles. The molecule has 2 aromatic heterocycles. The molecule has 0 spiro atoms. The van der Waals surface area contributed by atoms with E-state index in [0.29, 0.717) is 17.1 Å². The highest BCUT2D eigenvalue weighted by Crippen LogP contribution is 2.34. The molecule has 0 N–H and O–H groups in total. The number of nitrogens with zero attached hydrogens (tertiary/aromatic N) is 2. The summed E-state index contributed by atoms with van der Waals surface area (Å²) in [5.41, 5.74) is 0.362. The van der Waals surface area contributed by atoms with Crippen molar-refractivity contribution >= 4 is 23.2 Å². The number of benzene rings is 1. The van der Waals surface area contributed by atoms with Gasteiger partial charge in [0.05, 0.1) is 34.6 Å². The fourth-order valence-electron chi connectivity index (χ4n) is 2.90. The van der Waals surface area contributed by atoms with Crippen molar-refractivity contribution in [3.05, 3.63) is 64.1 Å². The largest absolute Gasteiger partial charge is 0.497 e. The molecule has 0 unspecified atom stereocenters. The predicted octanol–water partition coefficient (Wildman–Crippen LogP) is 5.50. The topological polar surface area (TPSA) is 52.8 Å². The molecule has 0 atom stereocenters. The molecule has 0 fully saturated rings. The number of hydrogen-bond donors (Lipinski definition) is 0. The lowest BCUT2D eigenvalue weighted by atomic mass is 10.1. The average molecular weight is 427 g/mol. The van der Waals surface area contributed by atoms with Crippen LogP contribution >= 0.6 is 11.6 Å². The molecular formula is C20H18ClF3N2O3. The number of fused-ring (bicyclic) bond motifs is 1. The third-order valence-electron chi connectivity index (χ3n) is 4.32. The van der Waals surface area contributed by atoms with Crippen LogP contribution in [0, 0.1) is 0 Å². The van der Waals surface area contributed by atoms with Crippen molar-refractivity contribution in [1.29, 1.82) is 0 Å². The Balaban J connectivity index is 1.99. The fourth-order valence-corrected chi connectivity index (χ4v) is 3.15. The Kier molecular flexibility index (Phi) is 5.75. The highest BCUT2D eigenvalue weighted by Gasteiger charge is 2.32. The number of imidazole rings is 1. The molecule has 9 heteroatoms. The number of hydrogen-bond acceptors (Lipinski definition) is 4. The number of ether oxygens (including phenoxy) is 2. The number of carbonyl (C=O) groups is 1. The van der Waals surface area contributed by atoms with E-state index in [9.17, 15) is 18.0 Å². The van der Waals surface area contributed by atoms with Crippen LogP contribution in [0.2, 0.25) is 5.02 Å². The van der Waals surface area contributed by atoms with E-state index in [1.165, 1.54) is 17.6 Å². The Bertz CT molecular complexity index is 1060. The second-order valence-electron chi connectivity index (χ2n) is 6.67. The van der Waals surface area contributed by atoms with Gasteiger partial charge in [-0.15, -0.1) is 0 Å². The molecule has 3 rings (SSSR count). The molecule has 0 aliphatic heterocycles. The zero-order valence-corrected chi connectivity index (χ0v) is 16.6. The van der Waals surface area contributed by atoms with Crippen LogP contribution in [0.25, 0.3) is 5.65 Å². The van der Waals surface area contributed by atoms with E-state index < -0.39 is 17.7 Å². The summed E-state index contributed by atoms with van der Waals surface area (Å²) in [5, 5.41) is -0.132. The summed E-state index contributed by atoms with van der Waals surface area (Å²) in [6.45, 7) is 3.42. The van der Waals surface area contributed by atoms with Crippen molar-refractivity contribution < 1.29 is 27.4 Å². The van der Waals surface area contributed by atoms with Gasteiger partial charge in [-0.3, -0.25) is 4.40 Å². The van der Waals surface area contributed by atoms with Crippen LogP contribution < -0.4 is 4.74 Å². The van der Waals surface area contributed by atoms with Gasteiger partial charge in [0, 0.05) is 6.20 Å². The number of methoxy groups -OCH3 is 1. The molecule has 0 saturated heterocycles. The third-order valence-corrected chi connectivity index (χ3v) is 4.60. The van der Waals surface area contributed by atoms with Crippen LogP contribution in [-0.4, -0.2) is 22.5 Å². The quantitative estimate of drug-likeness (QED) is 0.506. The van der Waals surface area contributed by atoms with Gasteiger partial charge in [-0.1, -0.05) is 31.5 Å². The number of halogens is 4. The number of pyridine rings is 1. The first-order valence-electron chi connectivity index (χ1n) is 8.70. The highest BCUT2D eigenvalue weighted by atomic mass is 35.5. The van der Waals surface area contributed by atoms with Gasteiger partial charge in [-0.05, 0) is 30.2 Å². The molecule has 3 aromatic rings. The van der Waals surface area contributed by atoms with Crippen molar-refractivity contribution in [2.24, 2.45) is 0 Å². The van der Waals surface area contributed by atoms with Crippen LogP contribution in [0.5, 0.6) is 5.75 Å². The van der Waals surface area contributed by atoms with Crippen molar-refractivity contribution in [2.45, 2.75) is 32.5 Å². The summed E-state index contributed by atoms with van der Waals surface area (Å²) in [5.74, 6) is -0.267. The molecular weight excluding hydrogens is 409 g/mol. The monoisotopic (exact) mass is 426 g/mol. The number of esters is 1. The summed E-state index contributed by atoms with van der Waals surface area (Å²) in [4.78, 5) is 16.8. The lowest BCUT2D eigenvalue weighted by Gasteiger charge is -2.11. The van der Waals surface area contributed by atoms with E-state index in [-0.39, 0.29) is 28.8 Å². The number of carbonyl (C=O) groups excluding carboxylic acids is 1. The molecule has 0 radical (unpaired) electrons. The van der Waals surface area contributed by atoms with Crippen LogP contribution in [0.3, 0.4) is 0 Å². The zero-order chi connectivity index (χ0) is 21.3. The van der Waals surface area contributed by atoms with Gasteiger partial charge in [-0.25, -0.2) is 9.78 Å². The Labute approximate surface area is 170 Å². The maximum Gasteiger partial charge on any atom is 0.417 e. The predicted molar refractivity (Wildman–Crippen MR) is 101 cm³/mol. The van der Waals surface area contributed by atoms with E-state index in [2.05, 4.69) is 4.98 Å². The van der Waals surface area contributed by atoms with Gasteiger partial charge in [0.1, 0.15) is 12.4 Å². The number of aromatic nitrogens is 2. The molecule has 0 bridgehead atoms. The van der Waals surface area contributed by atoms with Gasteiger partial charge in [-0.2, -0.15) is 13.2 Å². The Morgan fingerprint density at radius 1 is 1.28 bits per heavy atom. The van der Waals surface area contributed by atoms with Crippen LogP contribution in [-0.2, 0) is 17.5 Å². The summed E-state index contributed by atoms with van der Waals surface area (Å²) < 4.78 is 51.3. The maximum absolute atomic E-state index is 13.2. The summed E-state index contributed by atoms with van der Waals surface area (Å²) in [7, 11) is 1.47. The van der Waals surface area contributed by atoms with Gasteiger partial charge in [0.2, 0.25) is 0 Å². The van der Waals surface area contributed by atoms with Crippen molar-refractivity contribution in [1.82, 2.24) is 9.38 Å². The van der Waals surface area contributed by atoms with Gasteiger partial charge in [0.15, 0.2) is 5.65 Å². The maximum atomic E-state index is 13.2. The smallest absolute Gasteiger partial charge is 0.417 e. The second-order valence-corrected chi connectivity index (χ2v) is 7.08. The van der Waals surface area contributed by atoms with Gasteiger partial charge in [0.25, 0.3) is 0 Å². The van der Waals surface area contributed by atoms with E-state index in [0.717, 1.165) is 12.3 Å². The van der Waals surface area contributed by atoms with E-state index in [1.807, 2.05) is 13.8 Å². The first-order valence-corrected chi connectivity index (χ1v) is 9.08. The van der Waals surface area contributed by atoms with Gasteiger partial charge >= 0.3 is 12.1 Å². The Morgan fingerprint density at radius 2 is 2.00 bits per heavy atom. The molecule has 0 aliphatic carbocycles. The molecule has 154 valence electrons. The summed E-state index contributed by atoms with van der Waals surface area (Å²) in [6.07, 6.45) is -3.66. The minimum atomic E-state index is -4.57. The van der Waals surface area contributed by atoms with Crippen LogP contribution in [0.15, 0.2) is 36.5 Å².